The summed E-state index contributed by atoms with van der Waals surface area (Å²) >= 11 is 7.29. The molecule has 3 rings (SSSR count). The first-order valence-corrected chi connectivity index (χ1v) is 10.4. The highest BCUT2D eigenvalue weighted by molar-refractivity contribution is 7.14. The Morgan fingerprint density at radius 1 is 1.21 bits per heavy atom. The van der Waals surface area contributed by atoms with Crippen LogP contribution in [0.25, 0.3) is 21.8 Å². The van der Waals surface area contributed by atoms with Gasteiger partial charge < -0.3 is 4.42 Å². The van der Waals surface area contributed by atoms with Crippen molar-refractivity contribution in [3.63, 3.8) is 0 Å². The number of hydrogen-bond acceptors (Lipinski definition) is 3. The third-order valence-electron chi connectivity index (χ3n) is 3.85. The van der Waals surface area contributed by atoms with E-state index in [-0.39, 0.29) is 5.22 Å². The molecule has 0 saturated heterocycles. The molecule has 0 N–H and O–H groups in total. The minimum atomic E-state index is -0.609. The van der Waals surface area contributed by atoms with Crippen LogP contribution >= 0.6 is 22.9 Å². The summed E-state index contributed by atoms with van der Waals surface area (Å²) in [7, 11) is 0. The van der Waals surface area contributed by atoms with Gasteiger partial charge in [-0.25, -0.2) is 8.78 Å². The van der Waals surface area contributed by atoms with Gasteiger partial charge in [-0.1, -0.05) is 32.1 Å². The quantitative estimate of drug-likeness (QED) is 0.358. The number of benzene rings is 1. The average molecular weight is 434 g/mol. The normalized spacial score (nSPS) is 11.4. The van der Waals surface area contributed by atoms with Crippen molar-refractivity contribution >= 4 is 29.2 Å². The van der Waals surface area contributed by atoms with Crippen molar-refractivity contribution in [2.75, 3.05) is 0 Å². The Morgan fingerprint density at radius 3 is 2.59 bits per heavy atom. The maximum absolute atomic E-state index is 14.4. The molecule has 0 spiro atoms. The Kier molecular flexibility index (Phi) is 8.55. The summed E-state index contributed by atoms with van der Waals surface area (Å²) < 4.78 is 33.3. The lowest BCUT2D eigenvalue weighted by atomic mass is 9.98. The van der Waals surface area contributed by atoms with Crippen molar-refractivity contribution in [2.45, 2.75) is 27.2 Å². The number of nitrogens with zero attached hydrogens (tertiary/aromatic N) is 1. The molecule has 0 radical (unpaired) electrons. The maximum atomic E-state index is 14.4. The molecule has 152 valence electrons. The lowest BCUT2D eigenvalue weighted by Gasteiger charge is -2.08. The summed E-state index contributed by atoms with van der Waals surface area (Å²) in [5.41, 5.74) is 3.02. The van der Waals surface area contributed by atoms with Gasteiger partial charge in [-0.05, 0) is 54.8 Å². The predicted molar refractivity (Wildman–Crippen MR) is 120 cm³/mol. The van der Waals surface area contributed by atoms with Crippen molar-refractivity contribution in [1.29, 1.82) is 0 Å². The second-order valence-corrected chi connectivity index (χ2v) is 7.12. The third kappa shape index (κ3) is 5.75. The highest BCUT2D eigenvalue weighted by atomic mass is 35.5. The number of furan rings is 1. The zero-order valence-electron chi connectivity index (χ0n) is 16.5. The Hall–Kier alpha value is -2.50. The number of thiophene rings is 1. The molecule has 0 bridgehead atoms. The van der Waals surface area contributed by atoms with Crippen molar-refractivity contribution < 1.29 is 13.2 Å². The largest absolute Gasteiger partial charge is 0.445 e. The molecule has 1 aromatic carbocycles. The van der Waals surface area contributed by atoms with Crippen LogP contribution in [0.3, 0.4) is 0 Å². The van der Waals surface area contributed by atoms with Crippen molar-refractivity contribution in [2.24, 2.45) is 4.99 Å². The Labute approximate surface area is 178 Å². The average Bonchev–Trinajstić information content (AvgIpc) is 3.30. The molecular weight excluding hydrogens is 412 g/mol. The first-order chi connectivity index (χ1) is 14.0. The van der Waals surface area contributed by atoms with E-state index in [9.17, 15) is 8.78 Å². The van der Waals surface area contributed by atoms with Crippen molar-refractivity contribution in [1.82, 2.24) is 0 Å². The Bertz CT molecular complexity index is 1030. The van der Waals surface area contributed by atoms with Crippen LogP contribution in [0.15, 0.2) is 69.5 Å². The number of hydrogen-bond donors (Lipinski definition) is 0. The van der Waals surface area contributed by atoms with Crippen LogP contribution in [-0.2, 0) is 6.42 Å². The van der Waals surface area contributed by atoms with E-state index in [2.05, 4.69) is 11.6 Å². The fourth-order valence-corrected chi connectivity index (χ4v) is 3.94. The van der Waals surface area contributed by atoms with E-state index >= 15 is 0 Å². The fourth-order valence-electron chi connectivity index (χ4n) is 2.68. The zero-order valence-corrected chi connectivity index (χ0v) is 18.1. The van der Waals surface area contributed by atoms with Gasteiger partial charge in [0.05, 0.1) is 0 Å². The molecule has 0 aliphatic rings. The van der Waals surface area contributed by atoms with E-state index in [1.165, 1.54) is 23.5 Å². The molecule has 2 nitrogen and oxygen atoms in total. The molecule has 2 heterocycles. The molecular formula is C23H22ClF2NOS. The van der Waals surface area contributed by atoms with E-state index in [1.807, 2.05) is 26.2 Å². The highest BCUT2D eigenvalue weighted by Gasteiger charge is 2.20. The van der Waals surface area contributed by atoms with Crippen LogP contribution in [0.1, 0.15) is 26.3 Å². The molecule has 0 fully saturated rings. The summed E-state index contributed by atoms with van der Waals surface area (Å²) in [5, 5.41) is 2.17. The molecule has 0 aliphatic carbocycles. The van der Waals surface area contributed by atoms with E-state index in [1.54, 1.807) is 30.6 Å². The molecule has 0 saturated carbocycles. The van der Waals surface area contributed by atoms with E-state index < -0.39 is 11.6 Å². The summed E-state index contributed by atoms with van der Waals surface area (Å²) in [4.78, 5) is 4.86. The number of allylic oxidation sites excluding steroid dienone is 2. The molecule has 6 heteroatoms. The first-order valence-electron chi connectivity index (χ1n) is 9.11. The molecule has 0 atom stereocenters. The van der Waals surface area contributed by atoms with Crippen LogP contribution in [0.5, 0.6) is 0 Å². The van der Waals surface area contributed by atoms with Gasteiger partial charge in [0.15, 0.2) is 5.22 Å². The zero-order chi connectivity index (χ0) is 21.4. The van der Waals surface area contributed by atoms with E-state index in [0.717, 1.165) is 27.6 Å². The first kappa shape index (κ1) is 22.8. The number of aliphatic imine (C=N–C) groups is 1. The Morgan fingerprint density at radius 2 is 1.97 bits per heavy atom. The maximum Gasteiger partial charge on any atom is 0.193 e. The van der Waals surface area contributed by atoms with Crippen LogP contribution in [0.4, 0.5) is 8.78 Å². The summed E-state index contributed by atoms with van der Waals surface area (Å²) in [6, 6.07) is 7.02. The van der Waals surface area contributed by atoms with Crippen molar-refractivity contribution in [3.8, 4) is 21.8 Å². The van der Waals surface area contributed by atoms with Crippen LogP contribution in [0, 0.1) is 11.6 Å². The summed E-state index contributed by atoms with van der Waals surface area (Å²) in [5.74, 6) is -0.613. The van der Waals surface area contributed by atoms with Gasteiger partial charge in [0.2, 0.25) is 0 Å². The highest BCUT2D eigenvalue weighted by Crippen LogP contribution is 2.41. The van der Waals surface area contributed by atoms with Crippen LogP contribution < -0.4 is 0 Å². The summed E-state index contributed by atoms with van der Waals surface area (Å²) in [6.45, 7) is 9.52. The van der Waals surface area contributed by atoms with Gasteiger partial charge in [0.1, 0.15) is 17.4 Å². The molecule has 29 heavy (non-hydrogen) atoms. The van der Waals surface area contributed by atoms with E-state index in [0.29, 0.717) is 17.7 Å². The molecule has 0 unspecified atom stereocenters. The molecule has 3 aromatic rings. The van der Waals surface area contributed by atoms with E-state index in [4.69, 9.17) is 16.0 Å². The van der Waals surface area contributed by atoms with Gasteiger partial charge in [0, 0.05) is 39.9 Å². The number of rotatable bonds is 6. The minimum Gasteiger partial charge on any atom is -0.445 e. The van der Waals surface area contributed by atoms with Crippen LogP contribution in [-0.4, -0.2) is 6.21 Å². The van der Waals surface area contributed by atoms with Gasteiger partial charge >= 0.3 is 0 Å². The number of halogens is 3. The topological polar surface area (TPSA) is 25.5 Å². The third-order valence-corrected chi connectivity index (χ3v) is 5.11. The van der Waals surface area contributed by atoms with Gasteiger partial charge in [0.25, 0.3) is 0 Å². The monoisotopic (exact) mass is 433 g/mol. The smallest absolute Gasteiger partial charge is 0.193 e. The van der Waals surface area contributed by atoms with Crippen molar-refractivity contribution in [3.05, 3.63) is 82.6 Å². The lowest BCUT2D eigenvalue weighted by molar-refractivity contribution is 0.583. The van der Waals surface area contributed by atoms with Gasteiger partial charge in [-0.15, -0.1) is 11.3 Å². The fraction of sp³-hybridized carbons (Fsp3) is 0.174. The SMILES string of the molecule is C=CC=N/C=C(\C)Cc1c(-c2ccc(Cl)o2)csc1-c1ccc(F)cc1F.CC. The van der Waals surface area contributed by atoms with Gasteiger partial charge in [-0.2, -0.15) is 0 Å². The molecule has 0 amide bonds. The summed E-state index contributed by atoms with van der Waals surface area (Å²) in [6.07, 6.45) is 5.43. The predicted octanol–water partition coefficient (Wildman–Crippen LogP) is 8.34. The second-order valence-electron chi connectivity index (χ2n) is 5.87. The van der Waals surface area contributed by atoms with Crippen LogP contribution in [0.2, 0.25) is 5.22 Å². The standard InChI is InChI=1S/C21H16ClF2NOS.C2H6/c1-3-8-25-11-13(2)9-16-17(19-6-7-20(22)26-19)12-27-21(16)15-5-4-14(23)10-18(15)24;1-2/h3-8,10-12H,1,9H2,2H3;1-2H3/b13-11+,25-8?;. The van der Waals surface area contributed by atoms with Gasteiger partial charge in [-0.3, -0.25) is 4.99 Å². The minimum absolute atomic E-state index is 0.277. The molecule has 2 aromatic heterocycles. The molecule has 0 aliphatic heterocycles. The lowest BCUT2D eigenvalue weighted by Crippen LogP contribution is -1.93. The second kappa shape index (κ2) is 10.9. The Balaban J connectivity index is 0.00000145.